The quantitative estimate of drug-likeness (QED) is 0.235. The number of amides is 1. The van der Waals surface area contributed by atoms with E-state index < -0.39 is 10.8 Å². The fourth-order valence-corrected chi connectivity index (χ4v) is 5.42. The van der Waals surface area contributed by atoms with Crippen molar-refractivity contribution in [2.45, 2.75) is 38.8 Å². The van der Waals surface area contributed by atoms with Crippen LogP contribution in [0, 0.1) is 16.0 Å². The monoisotopic (exact) mass is 611 g/mol. The normalized spacial score (nSPS) is 20.4. The number of hydrogen-bond donors (Lipinski definition) is 0. The Hall–Kier alpha value is -3.11. The zero-order chi connectivity index (χ0) is 25.4. The molecule has 8 nitrogen and oxygen atoms in total. The van der Waals surface area contributed by atoms with Gasteiger partial charge in [0.1, 0.15) is 6.20 Å². The van der Waals surface area contributed by atoms with Crippen molar-refractivity contribution in [2.24, 2.45) is 11.0 Å². The molecular formula is C26H23Br2N5O3. The maximum absolute atomic E-state index is 13.8. The number of allylic oxidation sites excluding steroid dienone is 1. The number of carbonyl (C=O) groups is 1. The summed E-state index contributed by atoms with van der Waals surface area (Å²) in [5.74, 6) is -0.579. The molecule has 2 aliphatic rings. The van der Waals surface area contributed by atoms with Crippen LogP contribution < -0.4 is 0 Å². The fourth-order valence-electron chi connectivity index (χ4n) is 4.89. The first-order chi connectivity index (χ1) is 17.4. The van der Waals surface area contributed by atoms with Crippen molar-refractivity contribution >= 4 is 55.2 Å². The van der Waals surface area contributed by atoms with Gasteiger partial charge in [0.05, 0.1) is 16.7 Å². The number of aromatic nitrogens is 2. The molecule has 1 aliphatic heterocycles. The lowest BCUT2D eigenvalue weighted by Gasteiger charge is -2.29. The fraction of sp³-hybridized carbons (Fsp3) is 0.269. The smallest absolute Gasteiger partial charge is 0.265 e. The lowest BCUT2D eigenvalue weighted by molar-refractivity contribution is -0.385. The minimum Gasteiger partial charge on any atom is -0.265 e. The van der Waals surface area contributed by atoms with Crippen molar-refractivity contribution in [3.8, 4) is 0 Å². The highest BCUT2D eigenvalue weighted by atomic mass is 79.9. The van der Waals surface area contributed by atoms with Crippen molar-refractivity contribution in [3.63, 3.8) is 0 Å². The van der Waals surface area contributed by atoms with Crippen molar-refractivity contribution < 1.29 is 9.72 Å². The van der Waals surface area contributed by atoms with Gasteiger partial charge in [-0.3, -0.25) is 19.6 Å². The molecule has 0 saturated heterocycles. The predicted octanol–water partition coefficient (Wildman–Crippen LogP) is 6.77. The second-order valence-electron chi connectivity index (χ2n) is 8.83. The Bertz CT molecular complexity index is 1380. The van der Waals surface area contributed by atoms with Crippen molar-refractivity contribution in [1.29, 1.82) is 0 Å². The number of halogens is 2. The van der Waals surface area contributed by atoms with E-state index in [9.17, 15) is 14.9 Å². The van der Waals surface area contributed by atoms with Crippen molar-refractivity contribution in [2.75, 3.05) is 0 Å². The molecule has 1 fully saturated rings. The highest BCUT2D eigenvalue weighted by molar-refractivity contribution is 9.10. The molecule has 1 amide bonds. The van der Waals surface area contributed by atoms with Crippen LogP contribution in [0.15, 0.2) is 74.3 Å². The number of nitrogens with zero attached hydrogens (tertiary/aromatic N) is 5. The number of nitro groups is 1. The van der Waals surface area contributed by atoms with Crippen LogP contribution in [0.5, 0.6) is 0 Å². The van der Waals surface area contributed by atoms with E-state index in [1.807, 2.05) is 55.5 Å². The first kappa shape index (κ1) is 24.6. The number of benzene rings is 2. The van der Waals surface area contributed by atoms with Crippen LogP contribution in [0.1, 0.15) is 53.8 Å². The molecule has 0 radical (unpaired) electrons. The molecule has 1 saturated carbocycles. The molecule has 0 spiro atoms. The average molecular weight is 613 g/mol. The van der Waals surface area contributed by atoms with E-state index in [-0.39, 0.29) is 23.3 Å². The number of rotatable bonds is 5. The summed E-state index contributed by atoms with van der Waals surface area (Å²) >= 11 is 6.96. The van der Waals surface area contributed by atoms with E-state index in [1.54, 1.807) is 0 Å². The molecule has 2 unspecified atom stereocenters. The molecule has 36 heavy (non-hydrogen) atoms. The van der Waals surface area contributed by atoms with Crippen LogP contribution in [0.2, 0.25) is 0 Å². The van der Waals surface area contributed by atoms with Crippen LogP contribution >= 0.6 is 31.9 Å². The minimum atomic E-state index is -0.563. The largest absolute Gasteiger partial charge is 0.320 e. The molecular weight excluding hydrogens is 590 g/mol. The van der Waals surface area contributed by atoms with Crippen LogP contribution in [-0.2, 0) is 6.54 Å². The maximum atomic E-state index is 13.8. The van der Waals surface area contributed by atoms with Gasteiger partial charge in [-0.15, -0.1) is 0 Å². The predicted molar refractivity (Wildman–Crippen MR) is 145 cm³/mol. The summed E-state index contributed by atoms with van der Waals surface area (Å²) in [5, 5.41) is 22.2. The number of fused-ring (bicyclic) bond motifs is 1. The van der Waals surface area contributed by atoms with Crippen molar-refractivity contribution in [1.82, 2.24) is 14.8 Å². The van der Waals surface area contributed by atoms with E-state index in [0.717, 1.165) is 50.6 Å². The zero-order valence-electron chi connectivity index (χ0n) is 19.5. The summed E-state index contributed by atoms with van der Waals surface area (Å²) in [6.07, 6.45) is 6.11. The summed E-state index contributed by atoms with van der Waals surface area (Å²) in [6.45, 7) is 2.24. The Kier molecular flexibility index (Phi) is 6.90. The second-order valence-corrected chi connectivity index (χ2v) is 10.7. The van der Waals surface area contributed by atoms with E-state index in [1.165, 1.54) is 15.9 Å². The van der Waals surface area contributed by atoms with E-state index in [2.05, 4.69) is 43.0 Å². The average Bonchev–Trinajstić information content (AvgIpc) is 3.49. The Morgan fingerprint density at radius 2 is 1.81 bits per heavy atom. The highest BCUT2D eigenvalue weighted by Crippen LogP contribution is 2.45. The van der Waals surface area contributed by atoms with Crippen LogP contribution in [0.25, 0.3) is 6.08 Å². The minimum absolute atomic E-state index is 0.0158. The summed E-state index contributed by atoms with van der Waals surface area (Å²) < 4.78 is 3.35. The van der Waals surface area contributed by atoms with Crippen LogP contribution in [0.4, 0.5) is 5.69 Å². The first-order valence-electron chi connectivity index (χ1n) is 11.7. The van der Waals surface area contributed by atoms with Crippen LogP contribution in [-0.4, -0.2) is 31.3 Å². The molecule has 2 heterocycles. The molecule has 0 bridgehead atoms. The SMILES string of the molecule is CCn1cc([N+](=O)[O-])c(C(=O)N2N=C3C(=Cc4ccc(Br)cc4)CCCC3C2c2ccc(Br)cc2)n1. The van der Waals surface area contributed by atoms with E-state index in [0.29, 0.717) is 6.54 Å². The van der Waals surface area contributed by atoms with E-state index >= 15 is 0 Å². The third-order valence-electron chi connectivity index (χ3n) is 6.60. The zero-order valence-corrected chi connectivity index (χ0v) is 22.6. The van der Waals surface area contributed by atoms with Gasteiger partial charge in [-0.25, -0.2) is 5.01 Å². The molecule has 10 heteroatoms. The molecule has 3 aromatic rings. The first-order valence-corrected chi connectivity index (χ1v) is 13.3. The third kappa shape index (κ3) is 4.67. The van der Waals surface area contributed by atoms with E-state index in [4.69, 9.17) is 5.10 Å². The van der Waals surface area contributed by atoms with Gasteiger partial charge in [0.2, 0.25) is 5.69 Å². The number of hydrogen-bond acceptors (Lipinski definition) is 5. The molecule has 1 aromatic heterocycles. The van der Waals surface area contributed by atoms with Gasteiger partial charge in [0.25, 0.3) is 0 Å². The molecule has 5 rings (SSSR count). The second kappa shape index (κ2) is 10.1. The number of hydrazone groups is 1. The molecule has 0 N–H and O–H groups in total. The summed E-state index contributed by atoms with van der Waals surface area (Å²) in [4.78, 5) is 25.0. The third-order valence-corrected chi connectivity index (χ3v) is 7.66. The Morgan fingerprint density at radius 3 is 2.44 bits per heavy atom. The lowest BCUT2D eigenvalue weighted by atomic mass is 9.77. The summed E-state index contributed by atoms with van der Waals surface area (Å²) in [7, 11) is 0. The summed E-state index contributed by atoms with van der Waals surface area (Å²) in [5.41, 5.74) is 3.43. The van der Waals surface area contributed by atoms with Gasteiger partial charge in [-0.2, -0.15) is 10.2 Å². The van der Waals surface area contributed by atoms with Gasteiger partial charge < -0.3 is 0 Å². The number of carbonyl (C=O) groups excluding carboxylic acids is 1. The molecule has 1 aliphatic carbocycles. The highest BCUT2D eigenvalue weighted by Gasteiger charge is 2.45. The molecule has 184 valence electrons. The van der Waals surface area contributed by atoms with Gasteiger partial charge in [0, 0.05) is 21.4 Å². The topological polar surface area (TPSA) is 93.6 Å². The van der Waals surface area contributed by atoms with Gasteiger partial charge >= 0.3 is 11.6 Å². The summed E-state index contributed by atoms with van der Waals surface area (Å²) in [6, 6.07) is 15.5. The van der Waals surface area contributed by atoms with Crippen LogP contribution in [0.3, 0.4) is 0 Å². The standard InChI is InChI=1S/C26H23Br2N5O3/c1-2-31-15-22(33(35)36)24(29-31)26(34)32-25(17-8-12-20(28)13-9-17)21-5-3-4-18(23(21)30-32)14-16-6-10-19(27)11-7-16/h6-15,21,25H,2-5H2,1H3. The Morgan fingerprint density at radius 1 is 1.14 bits per heavy atom. The number of aryl methyl sites for hydroxylation is 1. The lowest BCUT2D eigenvalue weighted by Crippen LogP contribution is -2.32. The van der Waals surface area contributed by atoms with Gasteiger partial charge in [-0.05, 0) is 73.2 Å². The molecule has 2 atom stereocenters. The molecule has 2 aromatic carbocycles. The maximum Gasteiger partial charge on any atom is 0.320 e. The Balaban J connectivity index is 1.60. The van der Waals surface area contributed by atoms with Crippen molar-refractivity contribution in [3.05, 3.63) is 96.2 Å². The van der Waals surface area contributed by atoms with Gasteiger partial charge in [-0.1, -0.05) is 56.1 Å². The Labute approximate surface area is 225 Å². The van der Waals surface area contributed by atoms with Gasteiger partial charge in [0.15, 0.2) is 0 Å².